The summed E-state index contributed by atoms with van der Waals surface area (Å²) in [6, 6.07) is 3.16. The van der Waals surface area contributed by atoms with Crippen molar-refractivity contribution in [2.75, 3.05) is 0 Å². The average Bonchev–Trinajstić information content (AvgIpc) is 2.72. The zero-order chi connectivity index (χ0) is 10.8. The van der Waals surface area contributed by atoms with Crippen molar-refractivity contribution in [1.82, 2.24) is 5.32 Å². The second-order valence-electron chi connectivity index (χ2n) is 3.62. The highest BCUT2D eigenvalue weighted by Gasteiger charge is 2.36. The molecule has 0 radical (unpaired) electrons. The van der Waals surface area contributed by atoms with Crippen molar-refractivity contribution in [1.29, 1.82) is 0 Å². The van der Waals surface area contributed by atoms with E-state index in [1.165, 1.54) is 6.26 Å². The molecule has 1 aromatic rings. The third kappa shape index (κ3) is 2.01. The topological polar surface area (TPSA) is 79.5 Å². The molecule has 1 aliphatic rings. The molecule has 0 saturated carbocycles. The van der Waals surface area contributed by atoms with Crippen molar-refractivity contribution in [3.8, 4) is 0 Å². The first-order valence-corrected chi connectivity index (χ1v) is 4.71. The van der Waals surface area contributed by atoms with Gasteiger partial charge in [-0.2, -0.15) is 0 Å². The number of hydrogen-bond acceptors (Lipinski definition) is 3. The summed E-state index contributed by atoms with van der Waals surface area (Å²) in [5, 5.41) is 11.4. The van der Waals surface area contributed by atoms with Crippen LogP contribution >= 0.6 is 0 Å². The van der Waals surface area contributed by atoms with Gasteiger partial charge in [-0.05, 0) is 12.1 Å². The summed E-state index contributed by atoms with van der Waals surface area (Å²) < 4.78 is 5.17. The predicted molar refractivity (Wildman–Crippen MR) is 50.0 cm³/mol. The minimum atomic E-state index is -0.895. The second kappa shape index (κ2) is 3.76. The molecule has 2 atom stereocenters. The Morgan fingerprint density at radius 3 is 3.07 bits per heavy atom. The van der Waals surface area contributed by atoms with E-state index >= 15 is 0 Å². The van der Waals surface area contributed by atoms with E-state index in [0.717, 1.165) is 0 Å². The van der Waals surface area contributed by atoms with Crippen molar-refractivity contribution in [2.45, 2.75) is 18.9 Å². The number of carbonyl (C=O) groups is 2. The number of aliphatic carboxylic acids is 1. The first-order chi connectivity index (χ1) is 7.16. The van der Waals surface area contributed by atoms with Crippen LogP contribution in [0.25, 0.3) is 0 Å². The molecule has 1 amide bonds. The van der Waals surface area contributed by atoms with Crippen LogP contribution in [-0.4, -0.2) is 17.0 Å². The smallest absolute Gasteiger partial charge is 0.303 e. The molecule has 0 bridgehead atoms. The molecule has 5 nitrogen and oxygen atoms in total. The third-order valence-electron chi connectivity index (χ3n) is 2.52. The largest absolute Gasteiger partial charge is 0.481 e. The Balaban J connectivity index is 2.15. The Kier molecular flexibility index (Phi) is 2.45. The van der Waals surface area contributed by atoms with Gasteiger partial charge in [0.05, 0.1) is 18.7 Å². The van der Waals surface area contributed by atoms with Gasteiger partial charge >= 0.3 is 5.97 Å². The minimum Gasteiger partial charge on any atom is -0.481 e. The van der Waals surface area contributed by atoms with Crippen molar-refractivity contribution in [3.05, 3.63) is 24.2 Å². The van der Waals surface area contributed by atoms with Crippen molar-refractivity contribution in [3.63, 3.8) is 0 Å². The van der Waals surface area contributed by atoms with Gasteiger partial charge in [-0.15, -0.1) is 0 Å². The zero-order valence-corrected chi connectivity index (χ0v) is 7.97. The maximum atomic E-state index is 11.2. The maximum absolute atomic E-state index is 11.2. The Hall–Kier alpha value is -1.78. The SMILES string of the molecule is O=C(O)C[C@@H]1CC(=O)N[C@H]1c1ccco1. The molecule has 1 aliphatic heterocycles. The monoisotopic (exact) mass is 209 g/mol. The van der Waals surface area contributed by atoms with Gasteiger partial charge in [0.2, 0.25) is 5.91 Å². The molecule has 0 spiro atoms. The van der Waals surface area contributed by atoms with E-state index < -0.39 is 5.97 Å². The molecule has 1 fully saturated rings. The van der Waals surface area contributed by atoms with Crippen LogP contribution in [0.15, 0.2) is 22.8 Å². The maximum Gasteiger partial charge on any atom is 0.303 e. The third-order valence-corrected chi connectivity index (χ3v) is 2.52. The molecule has 1 saturated heterocycles. The Labute approximate surface area is 86.1 Å². The van der Waals surface area contributed by atoms with E-state index in [1.54, 1.807) is 12.1 Å². The summed E-state index contributed by atoms with van der Waals surface area (Å²) in [6.07, 6.45) is 1.74. The van der Waals surface area contributed by atoms with Gasteiger partial charge in [-0.1, -0.05) is 0 Å². The number of carbonyl (C=O) groups excluding carboxylic acids is 1. The quantitative estimate of drug-likeness (QED) is 0.776. The predicted octanol–water partition coefficient (Wildman–Crippen LogP) is 0.931. The van der Waals surface area contributed by atoms with Gasteiger partial charge in [0.25, 0.3) is 0 Å². The second-order valence-corrected chi connectivity index (χ2v) is 3.62. The van der Waals surface area contributed by atoms with E-state index in [1.807, 2.05) is 0 Å². The Bertz CT molecular complexity index is 371. The zero-order valence-electron chi connectivity index (χ0n) is 7.97. The molecule has 80 valence electrons. The standard InChI is InChI=1S/C10H11NO4/c12-8-4-6(5-9(13)14)10(11-8)7-2-1-3-15-7/h1-3,6,10H,4-5H2,(H,11,12)(H,13,14)/t6-,10+/m0/s1. The molecular formula is C10H11NO4. The normalized spacial score (nSPS) is 25.2. The molecule has 0 aromatic carbocycles. The number of rotatable bonds is 3. The van der Waals surface area contributed by atoms with Gasteiger partial charge in [0, 0.05) is 12.3 Å². The van der Waals surface area contributed by atoms with Gasteiger partial charge in [-0.3, -0.25) is 9.59 Å². The number of carboxylic acids is 1. The summed E-state index contributed by atoms with van der Waals surface area (Å²) in [5.74, 6) is -0.621. The fourth-order valence-corrected chi connectivity index (χ4v) is 1.89. The summed E-state index contributed by atoms with van der Waals surface area (Å²) in [5.41, 5.74) is 0. The number of nitrogens with one attached hydrogen (secondary N) is 1. The van der Waals surface area contributed by atoms with Crippen molar-refractivity contribution in [2.24, 2.45) is 5.92 Å². The summed E-state index contributed by atoms with van der Waals surface area (Å²) >= 11 is 0. The molecule has 15 heavy (non-hydrogen) atoms. The van der Waals surface area contributed by atoms with Crippen molar-refractivity contribution >= 4 is 11.9 Å². The molecule has 2 N–H and O–H groups in total. The van der Waals surface area contributed by atoms with Crippen LogP contribution in [0.2, 0.25) is 0 Å². The summed E-state index contributed by atoms with van der Waals surface area (Å²) in [6.45, 7) is 0. The van der Waals surface area contributed by atoms with Crippen LogP contribution in [0.5, 0.6) is 0 Å². The minimum absolute atomic E-state index is 0.0237. The van der Waals surface area contributed by atoms with Crippen molar-refractivity contribution < 1.29 is 19.1 Å². The van der Waals surface area contributed by atoms with Crippen LogP contribution in [0, 0.1) is 5.92 Å². The van der Waals surface area contributed by atoms with E-state index in [4.69, 9.17) is 9.52 Å². The highest BCUT2D eigenvalue weighted by Crippen LogP contribution is 2.32. The van der Waals surface area contributed by atoms with Gasteiger partial charge < -0.3 is 14.8 Å². The van der Waals surface area contributed by atoms with Gasteiger partial charge in [0.1, 0.15) is 5.76 Å². The first-order valence-electron chi connectivity index (χ1n) is 4.71. The lowest BCUT2D eigenvalue weighted by molar-refractivity contribution is -0.138. The van der Waals surface area contributed by atoms with E-state index in [2.05, 4.69) is 5.32 Å². The Morgan fingerprint density at radius 1 is 1.67 bits per heavy atom. The van der Waals surface area contributed by atoms with Crippen LogP contribution < -0.4 is 5.32 Å². The molecule has 0 unspecified atom stereocenters. The number of carboxylic acid groups (broad SMARTS) is 1. The fourth-order valence-electron chi connectivity index (χ4n) is 1.89. The summed E-state index contributed by atoms with van der Waals surface area (Å²) in [4.78, 5) is 21.8. The van der Waals surface area contributed by atoms with Gasteiger partial charge in [-0.25, -0.2) is 0 Å². The van der Waals surface area contributed by atoms with Crippen LogP contribution in [-0.2, 0) is 9.59 Å². The number of hydrogen-bond donors (Lipinski definition) is 2. The average molecular weight is 209 g/mol. The number of amides is 1. The van der Waals surface area contributed by atoms with E-state index in [0.29, 0.717) is 5.76 Å². The van der Waals surface area contributed by atoms with Crippen LogP contribution in [0.4, 0.5) is 0 Å². The first kappa shape index (κ1) is 9.76. The molecule has 2 heterocycles. The lowest BCUT2D eigenvalue weighted by atomic mass is 9.95. The number of furan rings is 1. The summed E-state index contributed by atoms with van der Waals surface area (Å²) in [7, 11) is 0. The molecule has 1 aromatic heterocycles. The molecule has 0 aliphatic carbocycles. The fraction of sp³-hybridized carbons (Fsp3) is 0.400. The molecule has 2 rings (SSSR count). The van der Waals surface area contributed by atoms with E-state index in [9.17, 15) is 9.59 Å². The lowest BCUT2D eigenvalue weighted by Gasteiger charge is -2.14. The molecule has 5 heteroatoms. The highest BCUT2D eigenvalue weighted by molar-refractivity contribution is 5.80. The highest BCUT2D eigenvalue weighted by atomic mass is 16.4. The van der Waals surface area contributed by atoms with Gasteiger partial charge in [0.15, 0.2) is 0 Å². The van der Waals surface area contributed by atoms with Crippen LogP contribution in [0.1, 0.15) is 24.6 Å². The van der Waals surface area contributed by atoms with Crippen LogP contribution in [0.3, 0.4) is 0 Å². The van der Waals surface area contributed by atoms with E-state index in [-0.39, 0.29) is 30.7 Å². The Morgan fingerprint density at radius 2 is 2.47 bits per heavy atom. The lowest BCUT2D eigenvalue weighted by Crippen LogP contribution is -2.21. The molecular weight excluding hydrogens is 198 g/mol.